The fourth-order valence-corrected chi connectivity index (χ4v) is 6.94. The van der Waals surface area contributed by atoms with Crippen LogP contribution in [0.4, 0.5) is 0 Å². The molecule has 2 aromatic carbocycles. The van der Waals surface area contributed by atoms with E-state index in [0.29, 0.717) is 52.6 Å². The predicted octanol–water partition coefficient (Wildman–Crippen LogP) is 6.22. The minimum atomic E-state index is -3.65. The zero-order valence-electron chi connectivity index (χ0n) is 22.0. The van der Waals surface area contributed by atoms with Gasteiger partial charge in [0.05, 0.1) is 41.7 Å². The van der Waals surface area contributed by atoms with Gasteiger partial charge in [-0.2, -0.15) is 0 Å². The molecule has 1 N–H and O–H groups in total. The molecule has 0 radical (unpaired) electrons. The van der Waals surface area contributed by atoms with Crippen LogP contribution >= 0.6 is 23.2 Å². The maximum absolute atomic E-state index is 12.4. The van der Waals surface area contributed by atoms with E-state index in [1.807, 2.05) is 10.8 Å². The number of sulfonamides is 1. The van der Waals surface area contributed by atoms with Gasteiger partial charge >= 0.3 is 0 Å². The molecule has 2 aliphatic heterocycles. The van der Waals surface area contributed by atoms with Gasteiger partial charge in [0.25, 0.3) is 5.91 Å². The lowest BCUT2D eigenvalue weighted by atomic mass is 9.64. The van der Waals surface area contributed by atoms with E-state index >= 15 is 0 Å². The van der Waals surface area contributed by atoms with Crippen molar-refractivity contribution in [2.24, 2.45) is 5.41 Å². The van der Waals surface area contributed by atoms with Crippen LogP contribution in [-0.2, 0) is 31.7 Å². The van der Waals surface area contributed by atoms with Gasteiger partial charge in [-0.1, -0.05) is 46.6 Å². The van der Waals surface area contributed by atoms with Crippen LogP contribution in [0.1, 0.15) is 71.7 Å². The number of carbonyl (C=O) groups excluding carboxylic acids is 1. The fourth-order valence-electron chi connectivity index (χ4n) is 5.91. The number of nitrogens with one attached hydrogen (secondary N) is 1. The van der Waals surface area contributed by atoms with Crippen LogP contribution in [0.2, 0.25) is 10.0 Å². The molecule has 1 aromatic heterocycles. The van der Waals surface area contributed by atoms with Crippen LogP contribution in [0.25, 0.3) is 11.3 Å². The van der Waals surface area contributed by atoms with Crippen molar-refractivity contribution in [1.82, 2.24) is 9.88 Å². The monoisotopic (exact) mass is 604 g/mol. The second-order valence-corrected chi connectivity index (χ2v) is 13.9. The zero-order chi connectivity index (χ0) is 28.1. The first-order chi connectivity index (χ1) is 19.1. The van der Waals surface area contributed by atoms with Crippen molar-refractivity contribution in [2.75, 3.05) is 19.5 Å². The van der Waals surface area contributed by atoms with E-state index in [0.717, 1.165) is 61.7 Å². The van der Waals surface area contributed by atoms with Crippen LogP contribution in [-0.4, -0.2) is 39.0 Å². The third kappa shape index (κ3) is 5.42. The second kappa shape index (κ2) is 10.4. The van der Waals surface area contributed by atoms with Gasteiger partial charge in [-0.15, -0.1) is 0 Å². The van der Waals surface area contributed by atoms with Gasteiger partial charge in [-0.3, -0.25) is 4.79 Å². The summed E-state index contributed by atoms with van der Waals surface area (Å²) >= 11 is 13.0. The lowest BCUT2D eigenvalue weighted by Gasteiger charge is -2.53. The molecule has 4 fully saturated rings. The average molecular weight is 606 g/mol. The van der Waals surface area contributed by atoms with Crippen LogP contribution in [0, 0.1) is 5.41 Å². The van der Waals surface area contributed by atoms with Crippen molar-refractivity contribution >= 4 is 39.1 Å². The number of amides is 1. The quantitative estimate of drug-likeness (QED) is 0.309. The number of benzene rings is 2. The van der Waals surface area contributed by atoms with Crippen LogP contribution < -0.4 is 4.72 Å². The molecule has 11 heteroatoms. The van der Waals surface area contributed by atoms with Crippen molar-refractivity contribution in [2.45, 2.75) is 56.7 Å². The number of nitrogens with zero attached hydrogens (tertiary/aromatic N) is 1. The van der Waals surface area contributed by atoms with E-state index in [-0.39, 0.29) is 5.41 Å². The van der Waals surface area contributed by atoms with Crippen molar-refractivity contribution < 1.29 is 27.2 Å². The highest BCUT2D eigenvalue weighted by molar-refractivity contribution is 7.89. The number of hydrogen-bond acceptors (Lipinski definition) is 7. The largest absolute Gasteiger partial charge is 0.376 e. The zero-order valence-corrected chi connectivity index (χ0v) is 24.4. The summed E-state index contributed by atoms with van der Waals surface area (Å²) in [5.74, 6) is 0.556. The second-order valence-electron chi connectivity index (χ2n) is 11.3. The summed E-state index contributed by atoms with van der Waals surface area (Å²) in [6.07, 6.45) is 6.49. The Balaban J connectivity index is 1.14. The van der Waals surface area contributed by atoms with Gasteiger partial charge in [0.15, 0.2) is 0 Å². The molecule has 0 spiro atoms. The molecule has 3 heterocycles. The molecule has 2 aliphatic carbocycles. The standard InChI is InChI=1S/C29H30Cl2N2O6S/c1-40(35,36)33-27(34)19-4-2-5-20(14-19)29-12-10-28(11-13-29,17-38-29)16-37-15-21-25(32-39-26(21)18-8-9-18)24-22(30)6-3-7-23(24)31/h2-7,14,18H,8-13,15-17H2,1H3,(H,33,34). The van der Waals surface area contributed by atoms with E-state index in [9.17, 15) is 13.2 Å². The number of halogens is 2. The van der Waals surface area contributed by atoms with Gasteiger partial charge < -0.3 is 14.0 Å². The van der Waals surface area contributed by atoms with E-state index in [1.54, 1.807) is 36.4 Å². The van der Waals surface area contributed by atoms with Crippen LogP contribution in [0.15, 0.2) is 47.0 Å². The number of hydrogen-bond donors (Lipinski definition) is 1. The number of carbonyl (C=O) groups is 1. The highest BCUT2D eigenvalue weighted by atomic mass is 35.5. The van der Waals surface area contributed by atoms with E-state index < -0.39 is 21.5 Å². The molecule has 40 heavy (non-hydrogen) atoms. The summed E-state index contributed by atoms with van der Waals surface area (Å²) in [6.45, 7) is 1.41. The van der Waals surface area contributed by atoms with Crippen molar-refractivity contribution in [1.29, 1.82) is 0 Å². The van der Waals surface area contributed by atoms with E-state index in [1.165, 1.54) is 0 Å². The molecule has 2 saturated carbocycles. The maximum atomic E-state index is 12.4. The number of fused-ring (bicyclic) bond motifs is 3. The molecule has 8 nitrogen and oxygen atoms in total. The number of ether oxygens (including phenoxy) is 2. The number of rotatable bonds is 9. The summed E-state index contributed by atoms with van der Waals surface area (Å²) in [7, 11) is -3.65. The Morgan fingerprint density at radius 1 is 1.10 bits per heavy atom. The average Bonchev–Trinajstić information content (AvgIpc) is 3.69. The van der Waals surface area contributed by atoms with E-state index in [4.69, 9.17) is 37.2 Å². The molecular weight excluding hydrogens is 575 g/mol. The predicted molar refractivity (Wildman–Crippen MR) is 151 cm³/mol. The summed E-state index contributed by atoms with van der Waals surface area (Å²) in [5.41, 5.74) is 2.78. The van der Waals surface area contributed by atoms with Gasteiger partial charge in [-0.25, -0.2) is 13.1 Å². The molecule has 0 unspecified atom stereocenters. The van der Waals surface area contributed by atoms with Crippen molar-refractivity contribution in [3.05, 3.63) is 75.0 Å². The van der Waals surface area contributed by atoms with Crippen molar-refractivity contribution in [3.8, 4) is 11.3 Å². The highest BCUT2D eigenvalue weighted by Gasteiger charge is 2.51. The summed E-state index contributed by atoms with van der Waals surface area (Å²) < 4.78 is 43.7. The molecule has 7 rings (SSSR count). The molecule has 1 amide bonds. The Hall–Kier alpha value is -2.43. The van der Waals surface area contributed by atoms with Gasteiger partial charge in [0, 0.05) is 28.0 Å². The first-order valence-corrected chi connectivity index (χ1v) is 16.0. The normalized spacial score (nSPS) is 24.3. The third-order valence-corrected chi connectivity index (χ3v) is 9.51. The Labute approximate surface area is 243 Å². The van der Waals surface area contributed by atoms with Crippen molar-refractivity contribution in [3.63, 3.8) is 0 Å². The first kappa shape index (κ1) is 27.7. The minimum absolute atomic E-state index is 0.105. The van der Waals surface area contributed by atoms with Crippen LogP contribution in [0.3, 0.4) is 0 Å². The maximum Gasteiger partial charge on any atom is 0.264 e. The molecular formula is C29H30Cl2N2O6S. The summed E-state index contributed by atoms with van der Waals surface area (Å²) in [4.78, 5) is 12.4. The van der Waals surface area contributed by atoms with E-state index in [2.05, 4.69) is 5.16 Å². The molecule has 0 atom stereocenters. The minimum Gasteiger partial charge on any atom is -0.376 e. The lowest BCUT2D eigenvalue weighted by molar-refractivity contribution is -0.205. The SMILES string of the molecule is CS(=O)(=O)NC(=O)c1cccc(C23CCC(COCc4c(-c5c(Cl)cccc5Cl)noc4C4CC4)(CC2)CO3)c1. The molecule has 3 aromatic rings. The Bertz CT molecular complexity index is 1520. The third-order valence-electron chi connectivity index (χ3n) is 8.32. The Morgan fingerprint density at radius 2 is 1.80 bits per heavy atom. The molecule has 2 bridgehead atoms. The van der Waals surface area contributed by atoms with Gasteiger partial charge in [0.2, 0.25) is 10.0 Å². The summed E-state index contributed by atoms with van der Waals surface area (Å²) in [6, 6.07) is 12.4. The van der Waals surface area contributed by atoms with Gasteiger partial charge in [0.1, 0.15) is 11.5 Å². The molecule has 2 saturated heterocycles. The Morgan fingerprint density at radius 3 is 2.42 bits per heavy atom. The summed E-state index contributed by atoms with van der Waals surface area (Å²) in [5, 5.41) is 5.39. The van der Waals surface area contributed by atoms with Gasteiger partial charge in [-0.05, 0) is 68.4 Å². The fraction of sp³-hybridized carbons (Fsp3) is 0.448. The smallest absolute Gasteiger partial charge is 0.264 e. The topological polar surface area (TPSA) is 108 Å². The lowest BCUT2D eigenvalue weighted by Crippen LogP contribution is -2.51. The first-order valence-electron chi connectivity index (χ1n) is 13.4. The molecule has 212 valence electrons. The Kier molecular flexibility index (Phi) is 7.24. The van der Waals surface area contributed by atoms with Crippen LogP contribution in [0.5, 0.6) is 0 Å². The number of aromatic nitrogens is 1. The molecule has 4 aliphatic rings. The highest BCUT2D eigenvalue weighted by Crippen LogP contribution is 2.54.